The minimum atomic E-state index is 0.185. The molecule has 3 aromatic heterocycles. The van der Waals surface area contributed by atoms with Crippen LogP contribution in [0.1, 0.15) is 0 Å². The van der Waals surface area contributed by atoms with E-state index in [0.29, 0.717) is 0 Å². The average Bonchev–Trinajstić information content (AvgIpc) is 3.42. The molecule has 3 heterocycles. The number of benzene rings is 11. The summed E-state index contributed by atoms with van der Waals surface area (Å²) in [5, 5.41) is 14.3. The lowest BCUT2D eigenvalue weighted by atomic mass is 9.93. The third kappa shape index (κ3) is 6.94. The van der Waals surface area contributed by atoms with Crippen LogP contribution in [0.3, 0.4) is 0 Å². The molecule has 0 saturated carbocycles. The van der Waals surface area contributed by atoms with Crippen molar-refractivity contribution in [2.45, 2.75) is 0 Å². The van der Waals surface area contributed by atoms with Crippen molar-refractivity contribution in [1.29, 1.82) is 0 Å². The van der Waals surface area contributed by atoms with Crippen LogP contribution in [-0.4, -0.2) is 29.9 Å². The summed E-state index contributed by atoms with van der Waals surface area (Å²) in [7, 11) is 0. The molecule has 9 heteroatoms. The second kappa shape index (κ2) is 16.4. The van der Waals surface area contributed by atoms with Crippen LogP contribution in [0.2, 0.25) is 15.9 Å². The molecular weight excluding hydrogens is 935 g/mol. The number of hydrogen-bond donors (Lipinski definition) is 0. The quantitative estimate of drug-likeness (QED) is 0.126. The Bertz CT molecular complexity index is 4560. The maximum atomic E-state index is 6.77. The van der Waals surface area contributed by atoms with Crippen LogP contribution in [0.15, 0.2) is 200 Å². The molecule has 0 aliphatic rings. The molecule has 6 nitrogen and oxygen atoms in total. The van der Waals surface area contributed by atoms with Crippen LogP contribution in [0.5, 0.6) is 0 Å². The van der Waals surface area contributed by atoms with Gasteiger partial charge in [-0.1, -0.05) is 170 Å². The third-order valence-electron chi connectivity index (χ3n) is 13.9. The Labute approximate surface area is 420 Å². The topological polar surface area (TPSA) is 77.3 Å². The number of nitrogens with zero attached hydrogens (tertiary/aromatic N) is 6. The largest absolute Gasteiger partial charge is 0.223 e. The highest BCUT2D eigenvalue weighted by Gasteiger charge is 2.19. The lowest BCUT2D eigenvalue weighted by Gasteiger charge is -2.14. The molecule has 0 amide bonds. The second-order valence-electron chi connectivity index (χ2n) is 17.9. The van der Waals surface area contributed by atoms with Crippen molar-refractivity contribution in [2.24, 2.45) is 0 Å². The molecule has 0 saturated heterocycles. The van der Waals surface area contributed by atoms with Crippen LogP contribution >= 0.6 is 34.8 Å². The van der Waals surface area contributed by atoms with Gasteiger partial charge in [0.25, 0.3) is 0 Å². The van der Waals surface area contributed by atoms with Gasteiger partial charge in [0.05, 0.1) is 33.6 Å². The highest BCUT2D eigenvalue weighted by Crippen LogP contribution is 2.41. The maximum Gasteiger partial charge on any atom is 0.223 e. The lowest BCUT2D eigenvalue weighted by molar-refractivity contribution is 1.23. The molecule has 0 fully saturated rings. The summed E-state index contributed by atoms with van der Waals surface area (Å²) in [6.45, 7) is 0. The molecule has 0 atom stereocenters. The Balaban J connectivity index is 0.796. The first-order chi connectivity index (χ1) is 34.9. The number of hydrogen-bond acceptors (Lipinski definition) is 6. The van der Waals surface area contributed by atoms with E-state index in [1.54, 1.807) is 0 Å². The average molecular weight is 968 g/mol. The highest BCUT2D eigenvalue weighted by atomic mass is 35.5. The van der Waals surface area contributed by atoms with Crippen LogP contribution in [0.25, 0.3) is 143 Å². The summed E-state index contributed by atoms with van der Waals surface area (Å²) in [6, 6.07) is 69.7. The molecule has 0 bridgehead atoms. The van der Waals surface area contributed by atoms with E-state index < -0.39 is 0 Å². The van der Waals surface area contributed by atoms with E-state index in [9.17, 15) is 0 Å². The molecule has 0 aliphatic heterocycles. The van der Waals surface area contributed by atoms with Crippen LogP contribution in [0, 0.1) is 0 Å². The zero-order valence-corrected chi connectivity index (χ0v) is 39.6. The van der Waals surface area contributed by atoms with Gasteiger partial charge < -0.3 is 0 Å². The Morgan fingerprint density at radius 2 is 0.648 bits per heavy atom. The fourth-order valence-corrected chi connectivity index (χ4v) is 11.0. The van der Waals surface area contributed by atoms with E-state index in [2.05, 4.69) is 182 Å². The molecule has 332 valence electrons. The number of halogens is 3. The first kappa shape index (κ1) is 41.6. The summed E-state index contributed by atoms with van der Waals surface area (Å²) in [5.74, 6) is 0. The highest BCUT2D eigenvalue weighted by molar-refractivity contribution is 6.32. The van der Waals surface area contributed by atoms with Gasteiger partial charge in [0, 0.05) is 49.0 Å². The SMILES string of the molecule is Clc1nc(-c2ccc3ccccc3c2)c2ccc3cc(-c4ccc(-c5nc(Cl)nc6c5ccc5ccc(-c7ccc(-c8nc(Cl)nc9c%10ccccc%10c%10ccccc%10c89)cc7)cc56)cc4)ccc3c2n1. The van der Waals surface area contributed by atoms with Crippen LogP contribution in [-0.2, 0) is 0 Å². The van der Waals surface area contributed by atoms with Crippen LogP contribution < -0.4 is 0 Å². The summed E-state index contributed by atoms with van der Waals surface area (Å²) in [4.78, 5) is 28.7. The number of fused-ring (bicyclic) bond motifs is 13. The van der Waals surface area contributed by atoms with Crippen molar-refractivity contribution in [1.82, 2.24) is 29.9 Å². The predicted molar refractivity (Wildman–Crippen MR) is 295 cm³/mol. The minimum Gasteiger partial charge on any atom is -0.217 e. The van der Waals surface area contributed by atoms with Gasteiger partial charge in [-0.15, -0.1) is 0 Å². The van der Waals surface area contributed by atoms with Crippen molar-refractivity contribution >= 4 is 121 Å². The maximum absolute atomic E-state index is 6.77. The van der Waals surface area contributed by atoms with Crippen molar-refractivity contribution in [3.63, 3.8) is 0 Å². The Morgan fingerprint density at radius 1 is 0.225 bits per heavy atom. The van der Waals surface area contributed by atoms with Gasteiger partial charge in [0.2, 0.25) is 15.9 Å². The van der Waals surface area contributed by atoms with Gasteiger partial charge >= 0.3 is 0 Å². The summed E-state index contributed by atoms with van der Waals surface area (Å²) in [5.41, 5.74) is 11.9. The summed E-state index contributed by atoms with van der Waals surface area (Å²) in [6.07, 6.45) is 0. The first-order valence-corrected chi connectivity index (χ1v) is 24.3. The standard InChI is InChI=1S/C62H33Cl3N6/c63-60-66-54(38-19-13-35(14-20-38)41-26-28-45-43(31-41)27-30-51-55(67-61(64)69-57(45)51)44-24-17-34-7-1-2-8-40(34)32-44)50-29-25-37-18-23-42(33-52(37)58(50)70-60)36-15-21-39(22-16-36)56-53-48-11-5-3-9-46(48)47-10-4-6-12-49(47)59(53)71-62(65)68-56/h1-33H. The molecule has 14 rings (SSSR count). The van der Waals surface area contributed by atoms with Crippen molar-refractivity contribution in [3.05, 3.63) is 216 Å². The first-order valence-electron chi connectivity index (χ1n) is 23.2. The normalized spacial score (nSPS) is 11.9. The molecule has 71 heavy (non-hydrogen) atoms. The Hall–Kier alpha value is -8.39. The van der Waals surface area contributed by atoms with Crippen LogP contribution in [0.4, 0.5) is 0 Å². The van der Waals surface area contributed by atoms with E-state index in [1.165, 1.54) is 5.39 Å². The van der Waals surface area contributed by atoms with Gasteiger partial charge in [-0.2, -0.15) is 0 Å². The fraction of sp³-hybridized carbons (Fsp3) is 0. The third-order valence-corrected chi connectivity index (χ3v) is 14.4. The summed E-state index contributed by atoms with van der Waals surface area (Å²) < 4.78 is 0. The number of rotatable bonds is 5. The second-order valence-corrected chi connectivity index (χ2v) is 18.9. The molecule has 0 radical (unpaired) electrons. The van der Waals surface area contributed by atoms with E-state index in [-0.39, 0.29) is 15.9 Å². The molecule has 0 N–H and O–H groups in total. The predicted octanol–water partition coefficient (Wildman–Crippen LogP) is 17.6. The van der Waals surface area contributed by atoms with Gasteiger partial charge in [0.1, 0.15) is 0 Å². The molecular formula is C62H33Cl3N6. The lowest BCUT2D eigenvalue weighted by Crippen LogP contribution is -1.94. The number of aromatic nitrogens is 6. The van der Waals surface area contributed by atoms with E-state index in [1.807, 2.05) is 18.2 Å². The molecule has 14 aromatic rings. The Morgan fingerprint density at radius 3 is 1.35 bits per heavy atom. The smallest absolute Gasteiger partial charge is 0.217 e. The van der Waals surface area contributed by atoms with Crippen molar-refractivity contribution in [3.8, 4) is 56.0 Å². The molecule has 11 aromatic carbocycles. The zero-order chi connectivity index (χ0) is 47.3. The van der Waals surface area contributed by atoms with E-state index in [0.717, 1.165) is 137 Å². The molecule has 0 aliphatic carbocycles. The van der Waals surface area contributed by atoms with Crippen molar-refractivity contribution in [2.75, 3.05) is 0 Å². The monoisotopic (exact) mass is 966 g/mol. The molecule has 0 unspecified atom stereocenters. The van der Waals surface area contributed by atoms with Gasteiger partial charge in [-0.25, -0.2) is 29.9 Å². The van der Waals surface area contributed by atoms with E-state index in [4.69, 9.17) is 64.7 Å². The fourth-order valence-electron chi connectivity index (χ4n) is 10.5. The van der Waals surface area contributed by atoms with Gasteiger partial charge in [0.15, 0.2) is 0 Å². The summed E-state index contributed by atoms with van der Waals surface area (Å²) >= 11 is 20.0. The van der Waals surface area contributed by atoms with E-state index >= 15 is 0 Å². The zero-order valence-electron chi connectivity index (χ0n) is 37.4. The Kier molecular flexibility index (Phi) is 9.58. The molecule has 0 spiro atoms. The minimum absolute atomic E-state index is 0.185. The van der Waals surface area contributed by atoms with Gasteiger partial charge in [-0.3, -0.25) is 0 Å². The van der Waals surface area contributed by atoms with Crippen molar-refractivity contribution < 1.29 is 0 Å². The van der Waals surface area contributed by atoms with Gasteiger partial charge in [-0.05, 0) is 125 Å².